The van der Waals surface area contributed by atoms with Crippen molar-refractivity contribution >= 4 is 17.7 Å². The van der Waals surface area contributed by atoms with Gasteiger partial charge in [0.2, 0.25) is 0 Å². The molecule has 0 aromatic heterocycles. The molecule has 0 fully saturated rings. The molecule has 2 amide bonds. The lowest BCUT2D eigenvalue weighted by Crippen LogP contribution is -2.47. The Morgan fingerprint density at radius 1 is 1.09 bits per heavy atom. The van der Waals surface area contributed by atoms with E-state index in [1.807, 2.05) is 13.8 Å². The molecule has 128 valence electrons. The number of hydrogen-bond donors (Lipinski definition) is 2. The number of esters is 1. The first kappa shape index (κ1) is 18.6. The van der Waals surface area contributed by atoms with Gasteiger partial charge in [0.1, 0.15) is 17.5 Å². The number of carbonyl (C=O) groups excluding carboxylic acids is 2. The molecule has 0 bridgehead atoms. The van der Waals surface area contributed by atoms with Crippen molar-refractivity contribution in [1.82, 2.24) is 5.32 Å². The number of ether oxygens (including phenoxy) is 3. The highest BCUT2D eigenvalue weighted by Crippen LogP contribution is 2.25. The van der Waals surface area contributed by atoms with Crippen LogP contribution in [0.4, 0.5) is 10.5 Å². The van der Waals surface area contributed by atoms with E-state index >= 15 is 0 Å². The molecule has 1 rings (SSSR count). The van der Waals surface area contributed by atoms with Crippen LogP contribution in [0.25, 0.3) is 0 Å². The highest BCUT2D eigenvalue weighted by molar-refractivity contribution is 5.93. The molecule has 1 aromatic carbocycles. The summed E-state index contributed by atoms with van der Waals surface area (Å²) in [7, 11) is 4.34. The fourth-order valence-electron chi connectivity index (χ4n) is 1.98. The monoisotopic (exact) mass is 324 g/mol. The molecule has 23 heavy (non-hydrogen) atoms. The van der Waals surface area contributed by atoms with Crippen LogP contribution in [0.3, 0.4) is 0 Å². The van der Waals surface area contributed by atoms with Crippen molar-refractivity contribution < 1.29 is 23.8 Å². The molecule has 7 nitrogen and oxygen atoms in total. The second kappa shape index (κ2) is 8.87. The molecule has 2 N–H and O–H groups in total. The van der Waals surface area contributed by atoms with Crippen LogP contribution in [0.15, 0.2) is 18.2 Å². The molecule has 0 aliphatic rings. The Hall–Kier alpha value is -2.44. The van der Waals surface area contributed by atoms with Gasteiger partial charge in [0.05, 0.1) is 21.3 Å². The second-order valence-electron chi connectivity index (χ2n) is 5.09. The van der Waals surface area contributed by atoms with Crippen LogP contribution in [0.5, 0.6) is 11.5 Å². The number of methoxy groups -OCH3 is 3. The van der Waals surface area contributed by atoms with Gasteiger partial charge in [-0.15, -0.1) is 0 Å². The molecule has 7 heteroatoms. The lowest BCUT2D eigenvalue weighted by atomic mass is 9.99. The summed E-state index contributed by atoms with van der Waals surface area (Å²) in [6, 6.07) is 3.78. The van der Waals surface area contributed by atoms with Crippen molar-refractivity contribution in [3.63, 3.8) is 0 Å². The number of nitrogens with one attached hydrogen (secondary N) is 2. The topological polar surface area (TPSA) is 85.9 Å². The molecule has 1 aromatic rings. The number of carbonyl (C=O) groups is 2. The van der Waals surface area contributed by atoms with Gasteiger partial charge in [-0.25, -0.2) is 9.59 Å². The van der Waals surface area contributed by atoms with E-state index in [1.54, 1.807) is 18.2 Å². The third-order valence-electron chi connectivity index (χ3n) is 3.56. The van der Waals surface area contributed by atoms with Crippen LogP contribution in [0.1, 0.15) is 20.3 Å². The highest BCUT2D eigenvalue weighted by atomic mass is 16.5. The Morgan fingerprint density at radius 3 is 2.09 bits per heavy atom. The van der Waals surface area contributed by atoms with Gasteiger partial charge in [0.25, 0.3) is 0 Å². The first-order chi connectivity index (χ1) is 10.9. The van der Waals surface area contributed by atoms with Crippen LogP contribution in [-0.4, -0.2) is 39.4 Å². The molecule has 2 atom stereocenters. The van der Waals surface area contributed by atoms with Crippen LogP contribution in [0.2, 0.25) is 0 Å². The van der Waals surface area contributed by atoms with Gasteiger partial charge in [-0.05, 0) is 5.92 Å². The average molecular weight is 324 g/mol. The maximum atomic E-state index is 12.2. The first-order valence-corrected chi connectivity index (χ1v) is 7.33. The van der Waals surface area contributed by atoms with Crippen molar-refractivity contribution in [2.24, 2.45) is 5.92 Å². The molecule has 0 saturated carbocycles. The molecular weight excluding hydrogens is 300 g/mol. The zero-order valence-electron chi connectivity index (χ0n) is 14.1. The largest absolute Gasteiger partial charge is 0.497 e. The van der Waals surface area contributed by atoms with Crippen LogP contribution in [-0.2, 0) is 9.53 Å². The van der Waals surface area contributed by atoms with Gasteiger partial charge in [0, 0.05) is 23.9 Å². The fraction of sp³-hybridized carbons (Fsp3) is 0.500. The molecule has 0 saturated heterocycles. The SMILES string of the molecule is CCC(C)C(NC(=O)Nc1cc(OC)cc(OC)c1)C(=O)OC. The number of hydrogen-bond acceptors (Lipinski definition) is 5. The molecule has 0 aliphatic carbocycles. The van der Waals surface area contributed by atoms with E-state index < -0.39 is 18.0 Å². The minimum absolute atomic E-state index is 0.0481. The Kier molecular flexibility index (Phi) is 7.18. The zero-order valence-corrected chi connectivity index (χ0v) is 14.1. The summed E-state index contributed by atoms with van der Waals surface area (Å²) in [5.74, 6) is 0.572. The predicted octanol–water partition coefficient (Wildman–Crippen LogP) is 2.41. The molecule has 0 radical (unpaired) electrons. The van der Waals surface area contributed by atoms with E-state index in [-0.39, 0.29) is 5.92 Å². The number of benzene rings is 1. The smallest absolute Gasteiger partial charge is 0.328 e. The molecule has 2 unspecified atom stereocenters. The van der Waals surface area contributed by atoms with Crippen LogP contribution >= 0.6 is 0 Å². The quantitative estimate of drug-likeness (QED) is 0.752. The average Bonchev–Trinajstić information content (AvgIpc) is 2.57. The molecule has 0 aliphatic heterocycles. The highest BCUT2D eigenvalue weighted by Gasteiger charge is 2.26. The minimum Gasteiger partial charge on any atom is -0.497 e. The van der Waals surface area contributed by atoms with Gasteiger partial charge < -0.3 is 24.8 Å². The summed E-state index contributed by atoms with van der Waals surface area (Å²) < 4.78 is 15.0. The molecule has 0 heterocycles. The zero-order chi connectivity index (χ0) is 17.4. The predicted molar refractivity (Wildman–Crippen MR) is 87.0 cm³/mol. The summed E-state index contributed by atoms with van der Waals surface area (Å²) in [5.41, 5.74) is 0.492. The second-order valence-corrected chi connectivity index (χ2v) is 5.09. The Balaban J connectivity index is 2.83. The summed E-state index contributed by atoms with van der Waals surface area (Å²) in [6.07, 6.45) is 0.729. The Morgan fingerprint density at radius 2 is 1.65 bits per heavy atom. The van der Waals surface area contributed by atoms with Gasteiger partial charge >= 0.3 is 12.0 Å². The number of anilines is 1. The molecule has 0 spiro atoms. The Labute approximate surface area is 136 Å². The minimum atomic E-state index is -0.711. The Bertz CT molecular complexity index is 525. The van der Waals surface area contributed by atoms with Crippen LogP contribution < -0.4 is 20.1 Å². The maximum absolute atomic E-state index is 12.2. The third-order valence-corrected chi connectivity index (χ3v) is 3.56. The van der Waals surface area contributed by atoms with Gasteiger partial charge in [-0.1, -0.05) is 20.3 Å². The van der Waals surface area contributed by atoms with Gasteiger partial charge in [-0.3, -0.25) is 0 Å². The number of amides is 2. The van der Waals surface area contributed by atoms with E-state index in [9.17, 15) is 9.59 Å². The number of urea groups is 1. The van der Waals surface area contributed by atoms with E-state index in [0.717, 1.165) is 6.42 Å². The first-order valence-electron chi connectivity index (χ1n) is 7.33. The lowest BCUT2D eigenvalue weighted by Gasteiger charge is -2.22. The van der Waals surface area contributed by atoms with Crippen molar-refractivity contribution in [3.05, 3.63) is 18.2 Å². The van der Waals surface area contributed by atoms with E-state index in [2.05, 4.69) is 10.6 Å². The van der Waals surface area contributed by atoms with Crippen molar-refractivity contribution in [3.8, 4) is 11.5 Å². The normalized spacial score (nSPS) is 12.7. The fourth-order valence-corrected chi connectivity index (χ4v) is 1.98. The van der Waals surface area contributed by atoms with Crippen molar-refractivity contribution in [2.45, 2.75) is 26.3 Å². The summed E-state index contributed by atoms with van der Waals surface area (Å²) in [4.78, 5) is 23.9. The van der Waals surface area contributed by atoms with Crippen molar-refractivity contribution in [2.75, 3.05) is 26.6 Å². The van der Waals surface area contributed by atoms with E-state index in [0.29, 0.717) is 17.2 Å². The van der Waals surface area contributed by atoms with E-state index in [4.69, 9.17) is 14.2 Å². The maximum Gasteiger partial charge on any atom is 0.328 e. The summed E-state index contributed by atoms with van der Waals surface area (Å²) >= 11 is 0. The third kappa shape index (κ3) is 5.36. The lowest BCUT2D eigenvalue weighted by molar-refractivity contribution is -0.144. The molecular formula is C16H24N2O5. The van der Waals surface area contributed by atoms with Crippen LogP contribution in [0, 0.1) is 5.92 Å². The van der Waals surface area contributed by atoms with Gasteiger partial charge in [0.15, 0.2) is 0 Å². The van der Waals surface area contributed by atoms with Gasteiger partial charge in [-0.2, -0.15) is 0 Å². The number of rotatable bonds is 7. The summed E-state index contributed by atoms with van der Waals surface area (Å²) in [5, 5.41) is 5.30. The van der Waals surface area contributed by atoms with E-state index in [1.165, 1.54) is 21.3 Å². The summed E-state index contributed by atoms with van der Waals surface area (Å²) in [6.45, 7) is 3.81. The van der Waals surface area contributed by atoms with Crippen molar-refractivity contribution in [1.29, 1.82) is 0 Å². The standard InChI is InChI=1S/C16H24N2O5/c1-6-10(2)14(15(19)23-5)18-16(20)17-11-7-12(21-3)9-13(8-11)22-4/h7-10,14H,6H2,1-5H3,(H2,17,18,20).